The molecule has 0 aromatic carbocycles. The molecular formula is C13H22N4. The van der Waals surface area contributed by atoms with Gasteiger partial charge in [-0.1, -0.05) is 6.92 Å². The van der Waals surface area contributed by atoms with E-state index >= 15 is 0 Å². The monoisotopic (exact) mass is 234 g/mol. The van der Waals surface area contributed by atoms with E-state index in [4.69, 9.17) is 0 Å². The van der Waals surface area contributed by atoms with E-state index in [0.717, 1.165) is 6.54 Å². The fraction of sp³-hybridized carbons (Fsp3) is 0.846. The van der Waals surface area contributed by atoms with Crippen LogP contribution in [0.2, 0.25) is 0 Å². The number of hydrogen-bond donors (Lipinski definition) is 0. The third-order valence-electron chi connectivity index (χ3n) is 4.35. The van der Waals surface area contributed by atoms with Crippen molar-refractivity contribution in [2.75, 3.05) is 20.1 Å². The Morgan fingerprint density at radius 1 is 1.00 bits per heavy atom. The molecule has 4 nitrogen and oxygen atoms in total. The fourth-order valence-corrected chi connectivity index (χ4v) is 3.17. The van der Waals surface area contributed by atoms with E-state index in [2.05, 4.69) is 33.6 Å². The van der Waals surface area contributed by atoms with Crippen molar-refractivity contribution in [1.82, 2.24) is 19.7 Å². The molecule has 3 rings (SSSR count). The van der Waals surface area contributed by atoms with Gasteiger partial charge in [0.15, 0.2) is 0 Å². The quantitative estimate of drug-likeness (QED) is 0.745. The van der Waals surface area contributed by atoms with E-state index in [-0.39, 0.29) is 0 Å². The van der Waals surface area contributed by atoms with Crippen molar-refractivity contribution in [1.29, 1.82) is 0 Å². The number of rotatable bonds is 1. The number of nitrogens with zero attached hydrogens (tertiary/aromatic N) is 4. The van der Waals surface area contributed by atoms with Gasteiger partial charge in [0.1, 0.15) is 11.6 Å². The Labute approximate surface area is 103 Å². The Morgan fingerprint density at radius 2 is 1.71 bits per heavy atom. The molecule has 3 heterocycles. The van der Waals surface area contributed by atoms with E-state index in [1.54, 1.807) is 0 Å². The molecule has 17 heavy (non-hydrogen) atoms. The Morgan fingerprint density at radius 3 is 2.47 bits per heavy atom. The lowest BCUT2D eigenvalue weighted by atomic mass is 9.95. The van der Waals surface area contributed by atoms with Crippen LogP contribution < -0.4 is 0 Å². The molecule has 0 N–H and O–H groups in total. The van der Waals surface area contributed by atoms with Gasteiger partial charge in [-0.05, 0) is 45.8 Å². The molecule has 2 aliphatic rings. The van der Waals surface area contributed by atoms with E-state index < -0.39 is 0 Å². The van der Waals surface area contributed by atoms with Crippen LogP contribution in [0.25, 0.3) is 0 Å². The highest BCUT2D eigenvalue weighted by Crippen LogP contribution is 2.32. The molecule has 1 aromatic heterocycles. The van der Waals surface area contributed by atoms with Gasteiger partial charge in [0, 0.05) is 18.4 Å². The molecule has 1 fully saturated rings. The van der Waals surface area contributed by atoms with Crippen LogP contribution in [0.15, 0.2) is 0 Å². The summed E-state index contributed by atoms with van der Waals surface area (Å²) in [6.07, 6.45) is 5.03. The maximum absolute atomic E-state index is 4.49. The summed E-state index contributed by atoms with van der Waals surface area (Å²) >= 11 is 0. The number of hydrogen-bond acceptors (Lipinski definition) is 3. The molecule has 0 radical (unpaired) electrons. The minimum atomic E-state index is 0.594. The molecule has 1 atom stereocenters. The molecule has 0 amide bonds. The van der Waals surface area contributed by atoms with Gasteiger partial charge in [-0.3, -0.25) is 0 Å². The average molecular weight is 234 g/mol. The highest BCUT2D eigenvalue weighted by atomic mass is 15.3. The van der Waals surface area contributed by atoms with Gasteiger partial charge >= 0.3 is 0 Å². The average Bonchev–Trinajstić information content (AvgIpc) is 2.75. The zero-order chi connectivity index (χ0) is 11.8. The van der Waals surface area contributed by atoms with E-state index in [0.29, 0.717) is 11.8 Å². The summed E-state index contributed by atoms with van der Waals surface area (Å²) in [5.74, 6) is 3.72. The molecule has 1 aromatic rings. The number of likely N-dealkylation sites (tertiary alicyclic amines) is 1. The van der Waals surface area contributed by atoms with Crippen LogP contribution in [0.3, 0.4) is 0 Å². The van der Waals surface area contributed by atoms with Crippen LogP contribution in [-0.4, -0.2) is 39.8 Å². The van der Waals surface area contributed by atoms with E-state index in [1.807, 2.05) is 0 Å². The van der Waals surface area contributed by atoms with Crippen molar-refractivity contribution in [2.24, 2.45) is 0 Å². The van der Waals surface area contributed by atoms with Crippen molar-refractivity contribution in [3.63, 3.8) is 0 Å². The summed E-state index contributed by atoms with van der Waals surface area (Å²) in [7, 11) is 2.21. The van der Waals surface area contributed by atoms with Gasteiger partial charge in [-0.25, -0.2) is 0 Å². The normalized spacial score (nSPS) is 27.1. The molecule has 4 heteroatoms. The predicted octanol–water partition coefficient (Wildman–Crippen LogP) is 1.98. The SMILES string of the molecule is CC1CCCn2c1nnc2C1CCN(C)CC1. The first-order chi connectivity index (χ1) is 8.25. The second-order valence-electron chi connectivity index (χ2n) is 5.69. The lowest BCUT2D eigenvalue weighted by Gasteiger charge is -2.29. The minimum Gasteiger partial charge on any atom is -0.315 e. The zero-order valence-corrected chi connectivity index (χ0v) is 10.9. The summed E-state index contributed by atoms with van der Waals surface area (Å²) in [5.41, 5.74) is 0. The van der Waals surface area contributed by atoms with Gasteiger partial charge in [-0.15, -0.1) is 10.2 Å². The van der Waals surface area contributed by atoms with Gasteiger partial charge in [0.05, 0.1) is 0 Å². The summed E-state index contributed by atoms with van der Waals surface area (Å²) in [5, 5.41) is 8.92. The van der Waals surface area contributed by atoms with Gasteiger partial charge in [0.2, 0.25) is 0 Å². The van der Waals surface area contributed by atoms with Gasteiger partial charge in [0.25, 0.3) is 0 Å². The second-order valence-corrected chi connectivity index (χ2v) is 5.69. The van der Waals surface area contributed by atoms with Crippen LogP contribution in [-0.2, 0) is 6.54 Å². The number of piperidine rings is 1. The third kappa shape index (κ3) is 1.99. The minimum absolute atomic E-state index is 0.594. The lowest BCUT2D eigenvalue weighted by molar-refractivity contribution is 0.247. The molecule has 94 valence electrons. The topological polar surface area (TPSA) is 34.0 Å². The molecule has 0 bridgehead atoms. The first-order valence-corrected chi connectivity index (χ1v) is 6.87. The Kier molecular flexibility index (Phi) is 2.90. The van der Waals surface area contributed by atoms with Gasteiger partial charge < -0.3 is 9.47 Å². The lowest BCUT2D eigenvalue weighted by Crippen LogP contribution is -2.30. The molecule has 2 aliphatic heterocycles. The molecule has 1 unspecified atom stereocenters. The fourth-order valence-electron chi connectivity index (χ4n) is 3.17. The van der Waals surface area contributed by atoms with Gasteiger partial charge in [-0.2, -0.15) is 0 Å². The zero-order valence-electron chi connectivity index (χ0n) is 10.9. The summed E-state index contributed by atoms with van der Waals surface area (Å²) in [6.45, 7) is 5.80. The van der Waals surface area contributed by atoms with Crippen molar-refractivity contribution < 1.29 is 0 Å². The van der Waals surface area contributed by atoms with Crippen LogP contribution >= 0.6 is 0 Å². The summed E-state index contributed by atoms with van der Waals surface area (Å²) in [6, 6.07) is 0. The third-order valence-corrected chi connectivity index (χ3v) is 4.35. The summed E-state index contributed by atoms with van der Waals surface area (Å²) < 4.78 is 2.41. The van der Waals surface area contributed by atoms with E-state index in [1.165, 1.54) is 50.4 Å². The van der Waals surface area contributed by atoms with Crippen LogP contribution in [0.1, 0.15) is 56.1 Å². The molecule has 0 aliphatic carbocycles. The van der Waals surface area contributed by atoms with Crippen molar-refractivity contribution in [3.8, 4) is 0 Å². The van der Waals surface area contributed by atoms with Crippen LogP contribution in [0, 0.1) is 0 Å². The van der Waals surface area contributed by atoms with E-state index in [9.17, 15) is 0 Å². The first kappa shape index (κ1) is 11.2. The molecule has 0 spiro atoms. The maximum Gasteiger partial charge on any atom is 0.136 e. The first-order valence-electron chi connectivity index (χ1n) is 6.87. The van der Waals surface area contributed by atoms with Crippen LogP contribution in [0.5, 0.6) is 0 Å². The smallest absolute Gasteiger partial charge is 0.136 e. The molecule has 1 saturated heterocycles. The Bertz CT molecular complexity index is 390. The predicted molar refractivity (Wildman–Crippen MR) is 67.1 cm³/mol. The number of fused-ring (bicyclic) bond motifs is 1. The summed E-state index contributed by atoms with van der Waals surface area (Å²) in [4.78, 5) is 2.41. The second kappa shape index (κ2) is 4.41. The Hall–Kier alpha value is -0.900. The molecular weight excluding hydrogens is 212 g/mol. The molecule has 0 saturated carbocycles. The standard InChI is InChI=1S/C13H22N4/c1-10-4-3-7-17-12(10)14-15-13(17)11-5-8-16(2)9-6-11/h10-11H,3-9H2,1-2H3. The largest absolute Gasteiger partial charge is 0.315 e. The maximum atomic E-state index is 4.49. The van der Waals surface area contributed by atoms with Crippen molar-refractivity contribution in [2.45, 2.75) is 51.0 Å². The number of aromatic nitrogens is 3. The van der Waals surface area contributed by atoms with Crippen molar-refractivity contribution in [3.05, 3.63) is 11.6 Å². The van der Waals surface area contributed by atoms with Crippen molar-refractivity contribution >= 4 is 0 Å². The Balaban J connectivity index is 1.84. The highest BCUT2D eigenvalue weighted by Gasteiger charge is 2.28. The van der Waals surface area contributed by atoms with Crippen LogP contribution in [0.4, 0.5) is 0 Å². The highest BCUT2D eigenvalue weighted by molar-refractivity contribution is 5.08.